The van der Waals surface area contributed by atoms with Gasteiger partial charge in [0.25, 0.3) is 0 Å². The third-order valence-electron chi connectivity index (χ3n) is 1.55. The Kier molecular flexibility index (Phi) is 1.04. The summed E-state index contributed by atoms with van der Waals surface area (Å²) in [5.74, 6) is 1.44. The number of hydrogen-bond donors (Lipinski definition) is 0. The summed E-state index contributed by atoms with van der Waals surface area (Å²) < 4.78 is 0. The minimum Gasteiger partial charge on any atom is -0.129 e. The molecule has 2 atom stereocenters. The van der Waals surface area contributed by atoms with E-state index in [-0.39, 0.29) is 0 Å². The molecule has 0 heterocycles. The van der Waals surface area contributed by atoms with Crippen LogP contribution in [-0.2, 0) is 0 Å². The fraction of sp³-hybridized carbons (Fsp3) is 0.571. The molecule has 1 aliphatic carbocycles. The summed E-state index contributed by atoms with van der Waals surface area (Å²) in [6.45, 7) is 4.42. The molecule has 0 radical (unpaired) electrons. The van der Waals surface area contributed by atoms with Crippen molar-refractivity contribution in [3.63, 3.8) is 0 Å². The third kappa shape index (κ3) is 0.755. The molecule has 2 unspecified atom stereocenters. The Labute approximate surface area is 44.5 Å². The monoisotopic (exact) mass is 94.1 g/mol. The predicted molar refractivity (Wildman–Crippen MR) is 31.0 cm³/mol. The Morgan fingerprint density at radius 3 is 1.71 bits per heavy atom. The molecule has 0 aromatic carbocycles. The minimum absolute atomic E-state index is 0.722. The Hall–Kier alpha value is -0.480. The van der Waals surface area contributed by atoms with Gasteiger partial charge in [-0.3, -0.25) is 0 Å². The van der Waals surface area contributed by atoms with Gasteiger partial charge in [0.05, 0.1) is 0 Å². The van der Waals surface area contributed by atoms with Gasteiger partial charge in [0.2, 0.25) is 0 Å². The van der Waals surface area contributed by atoms with Crippen LogP contribution in [0, 0.1) is 11.8 Å². The molecule has 38 valence electrons. The van der Waals surface area contributed by atoms with E-state index in [9.17, 15) is 0 Å². The molecule has 0 N–H and O–H groups in total. The van der Waals surface area contributed by atoms with E-state index in [1.165, 1.54) is 0 Å². The van der Waals surface area contributed by atoms with Crippen LogP contribution < -0.4 is 0 Å². The van der Waals surface area contributed by atoms with E-state index >= 15 is 0 Å². The lowest BCUT2D eigenvalue weighted by Crippen LogP contribution is -1.95. The number of allylic oxidation sites excluding steroid dienone is 1. The molecular weight excluding hydrogens is 84.1 g/mol. The molecule has 0 spiro atoms. The van der Waals surface area contributed by atoms with E-state index in [2.05, 4.69) is 31.7 Å². The first kappa shape index (κ1) is 4.67. The van der Waals surface area contributed by atoms with Crippen molar-refractivity contribution in [1.82, 2.24) is 0 Å². The summed E-state index contributed by atoms with van der Waals surface area (Å²) in [7, 11) is 0. The summed E-state index contributed by atoms with van der Waals surface area (Å²) in [5.41, 5.74) is 3.07. The van der Waals surface area contributed by atoms with Crippen molar-refractivity contribution < 1.29 is 0 Å². The van der Waals surface area contributed by atoms with Gasteiger partial charge in [0.15, 0.2) is 0 Å². The maximum absolute atomic E-state index is 3.07. The first-order valence-electron chi connectivity index (χ1n) is 2.73. The van der Waals surface area contributed by atoms with Crippen molar-refractivity contribution >= 4 is 0 Å². The number of rotatable bonds is 0. The van der Waals surface area contributed by atoms with E-state index in [0.29, 0.717) is 0 Å². The molecule has 1 aliphatic rings. The van der Waals surface area contributed by atoms with Gasteiger partial charge in [-0.25, -0.2) is 0 Å². The van der Waals surface area contributed by atoms with Crippen molar-refractivity contribution in [2.75, 3.05) is 0 Å². The normalized spacial score (nSPS) is 37.4. The Bertz CT molecular complexity index is 104. The maximum atomic E-state index is 3.07. The lowest BCUT2D eigenvalue weighted by Gasteiger charge is -2.02. The Balaban J connectivity index is 2.60. The molecule has 0 saturated heterocycles. The van der Waals surface area contributed by atoms with E-state index < -0.39 is 0 Å². The van der Waals surface area contributed by atoms with Gasteiger partial charge in [-0.05, 0) is 24.0 Å². The van der Waals surface area contributed by atoms with Gasteiger partial charge in [-0.2, -0.15) is 0 Å². The quantitative estimate of drug-likeness (QED) is 0.403. The van der Waals surface area contributed by atoms with E-state index in [1.54, 1.807) is 0 Å². The van der Waals surface area contributed by atoms with Gasteiger partial charge in [0, 0.05) is 0 Å². The van der Waals surface area contributed by atoms with Crippen molar-refractivity contribution in [2.24, 2.45) is 11.8 Å². The topological polar surface area (TPSA) is 0 Å². The molecule has 0 bridgehead atoms. The number of hydrogen-bond acceptors (Lipinski definition) is 0. The molecule has 0 saturated carbocycles. The summed E-state index contributed by atoms with van der Waals surface area (Å²) in [6, 6.07) is 0. The fourth-order valence-electron chi connectivity index (χ4n) is 0.663. The van der Waals surface area contributed by atoms with Crippen LogP contribution in [0.2, 0.25) is 0 Å². The summed E-state index contributed by atoms with van der Waals surface area (Å²) in [6.07, 6.45) is 4.23. The Morgan fingerprint density at radius 1 is 1.14 bits per heavy atom. The van der Waals surface area contributed by atoms with Gasteiger partial charge in [-0.1, -0.05) is 13.8 Å². The largest absolute Gasteiger partial charge is 0.129 e. The molecule has 1 rings (SSSR count). The lowest BCUT2D eigenvalue weighted by atomic mass is 10.0. The molecule has 7 heavy (non-hydrogen) atoms. The van der Waals surface area contributed by atoms with Crippen LogP contribution in [0.4, 0.5) is 0 Å². The van der Waals surface area contributed by atoms with Crippen molar-refractivity contribution in [3.05, 3.63) is 17.9 Å². The van der Waals surface area contributed by atoms with Crippen molar-refractivity contribution in [3.8, 4) is 0 Å². The second kappa shape index (κ2) is 1.55. The molecule has 0 aromatic heterocycles. The highest BCUT2D eigenvalue weighted by Crippen LogP contribution is 2.16. The van der Waals surface area contributed by atoms with E-state index in [4.69, 9.17) is 0 Å². The maximum Gasteiger partial charge on any atom is -0.0120 e. The highest BCUT2D eigenvalue weighted by atomic mass is 14.1. The van der Waals surface area contributed by atoms with Gasteiger partial charge >= 0.3 is 0 Å². The van der Waals surface area contributed by atoms with Crippen LogP contribution in [0.5, 0.6) is 0 Å². The average molecular weight is 94.2 g/mol. The van der Waals surface area contributed by atoms with E-state index in [0.717, 1.165) is 11.8 Å². The average Bonchev–Trinajstić information content (AvgIpc) is 1.91. The smallest absolute Gasteiger partial charge is 0.0120 e. The van der Waals surface area contributed by atoms with Crippen LogP contribution in [0.25, 0.3) is 0 Å². The predicted octanol–water partition coefficient (Wildman–Crippen LogP) is 1.98. The molecule has 0 fully saturated rings. The highest BCUT2D eigenvalue weighted by Gasteiger charge is 2.07. The molecule has 0 aliphatic heterocycles. The second-order valence-electron chi connectivity index (χ2n) is 2.22. The zero-order valence-corrected chi connectivity index (χ0v) is 4.81. The standard InChI is InChI=1S/C7H10/c1-6-4-3-5-7(6)2/h4-7H,1-2H3. The third-order valence-corrected chi connectivity index (χ3v) is 1.55. The van der Waals surface area contributed by atoms with Crippen molar-refractivity contribution in [1.29, 1.82) is 0 Å². The van der Waals surface area contributed by atoms with Gasteiger partial charge in [0.1, 0.15) is 0 Å². The first-order valence-corrected chi connectivity index (χ1v) is 2.73. The van der Waals surface area contributed by atoms with Gasteiger partial charge < -0.3 is 0 Å². The van der Waals surface area contributed by atoms with Crippen LogP contribution >= 0.6 is 0 Å². The van der Waals surface area contributed by atoms with Crippen LogP contribution in [0.15, 0.2) is 17.9 Å². The SMILES string of the molecule is CC1C=C=CC1C. The molecule has 0 heteroatoms. The summed E-state index contributed by atoms with van der Waals surface area (Å²) in [4.78, 5) is 0. The van der Waals surface area contributed by atoms with Crippen LogP contribution in [-0.4, -0.2) is 0 Å². The first-order chi connectivity index (χ1) is 3.30. The second-order valence-corrected chi connectivity index (χ2v) is 2.22. The molecule has 0 amide bonds. The molecule has 0 aromatic rings. The lowest BCUT2D eigenvalue weighted by molar-refractivity contribution is 0.575. The summed E-state index contributed by atoms with van der Waals surface area (Å²) >= 11 is 0. The van der Waals surface area contributed by atoms with Gasteiger partial charge in [-0.15, -0.1) is 5.73 Å². The van der Waals surface area contributed by atoms with Crippen molar-refractivity contribution in [2.45, 2.75) is 13.8 Å². The molecule has 0 nitrogen and oxygen atoms in total. The Morgan fingerprint density at radius 2 is 1.57 bits per heavy atom. The minimum atomic E-state index is 0.722. The van der Waals surface area contributed by atoms with Crippen LogP contribution in [0.3, 0.4) is 0 Å². The zero-order valence-electron chi connectivity index (χ0n) is 4.81. The fourth-order valence-corrected chi connectivity index (χ4v) is 0.663. The highest BCUT2D eigenvalue weighted by molar-refractivity contribution is 5.02. The summed E-state index contributed by atoms with van der Waals surface area (Å²) in [5, 5.41) is 0. The zero-order chi connectivity index (χ0) is 5.28. The van der Waals surface area contributed by atoms with Crippen LogP contribution in [0.1, 0.15) is 13.8 Å². The van der Waals surface area contributed by atoms with E-state index in [1.807, 2.05) is 0 Å². The molecular formula is C7H10.